The number of nitrogens with zero attached hydrogens (tertiary/aromatic N) is 2. The molecule has 1 aromatic carbocycles. The number of aromatic nitrogens is 2. The van der Waals surface area contributed by atoms with Gasteiger partial charge in [-0.3, -0.25) is 0 Å². The monoisotopic (exact) mass is 357 g/mol. The van der Waals surface area contributed by atoms with E-state index in [4.69, 9.17) is 28.5 Å². The Morgan fingerprint density at radius 1 is 1.36 bits per heavy atom. The van der Waals surface area contributed by atoms with E-state index in [1.165, 1.54) is 0 Å². The first kappa shape index (κ1) is 18.8. The van der Waals surface area contributed by atoms with Crippen molar-refractivity contribution in [2.45, 2.75) is 38.5 Å². The topological polar surface area (TPSA) is 52.5 Å². The van der Waals surface area contributed by atoms with E-state index in [-0.39, 0.29) is 12.4 Å². The average Bonchev–Trinajstić information content (AvgIpc) is 2.91. The van der Waals surface area contributed by atoms with Gasteiger partial charge in [0.1, 0.15) is 6.07 Å². The first-order chi connectivity index (χ1) is 10.1. The SMILES string of the molecule is CCCCC(Cc1cnc(C#N)[nH]1)c1ccc(Cl)cc1Cl.Cl. The van der Waals surface area contributed by atoms with Gasteiger partial charge in [-0.05, 0) is 36.5 Å². The summed E-state index contributed by atoms with van der Waals surface area (Å²) < 4.78 is 0. The van der Waals surface area contributed by atoms with E-state index in [9.17, 15) is 0 Å². The normalized spacial score (nSPS) is 11.5. The van der Waals surface area contributed by atoms with Crippen LogP contribution < -0.4 is 0 Å². The summed E-state index contributed by atoms with van der Waals surface area (Å²) in [6.45, 7) is 2.17. The van der Waals surface area contributed by atoms with Gasteiger partial charge in [-0.15, -0.1) is 12.4 Å². The summed E-state index contributed by atoms with van der Waals surface area (Å²) in [7, 11) is 0. The largest absolute Gasteiger partial charge is 0.333 e. The third-order valence-electron chi connectivity index (χ3n) is 3.51. The fourth-order valence-corrected chi connectivity index (χ4v) is 3.00. The maximum Gasteiger partial charge on any atom is 0.210 e. The van der Waals surface area contributed by atoms with Crippen molar-refractivity contribution in [3.8, 4) is 6.07 Å². The van der Waals surface area contributed by atoms with Crippen LogP contribution >= 0.6 is 35.6 Å². The Labute approximate surface area is 147 Å². The van der Waals surface area contributed by atoms with Gasteiger partial charge in [0.05, 0.1) is 0 Å². The Bertz CT molecular complexity index is 646. The number of rotatable bonds is 6. The number of nitriles is 1. The van der Waals surface area contributed by atoms with E-state index < -0.39 is 0 Å². The Morgan fingerprint density at radius 2 is 2.14 bits per heavy atom. The number of hydrogen-bond acceptors (Lipinski definition) is 2. The fraction of sp³-hybridized carbons (Fsp3) is 0.375. The van der Waals surface area contributed by atoms with Crippen molar-refractivity contribution in [2.24, 2.45) is 0 Å². The average molecular weight is 359 g/mol. The zero-order valence-electron chi connectivity index (χ0n) is 12.3. The molecule has 0 saturated heterocycles. The second kappa shape index (κ2) is 9.05. The van der Waals surface area contributed by atoms with Crippen LogP contribution in [0.1, 0.15) is 49.2 Å². The zero-order valence-corrected chi connectivity index (χ0v) is 14.6. The molecule has 0 fully saturated rings. The number of nitrogens with one attached hydrogen (secondary N) is 1. The van der Waals surface area contributed by atoms with Crippen molar-refractivity contribution in [1.82, 2.24) is 9.97 Å². The van der Waals surface area contributed by atoms with Gasteiger partial charge in [-0.1, -0.05) is 49.0 Å². The number of imidazole rings is 1. The second-order valence-corrected chi connectivity index (χ2v) is 5.92. The predicted octanol–water partition coefficient (Wildman–Crippen LogP) is 5.53. The molecule has 0 aliphatic heterocycles. The van der Waals surface area contributed by atoms with E-state index in [1.54, 1.807) is 12.3 Å². The molecule has 2 rings (SSSR count). The summed E-state index contributed by atoms with van der Waals surface area (Å²) >= 11 is 12.3. The Kier molecular flexibility index (Phi) is 7.75. The van der Waals surface area contributed by atoms with Crippen molar-refractivity contribution >= 4 is 35.6 Å². The molecule has 1 unspecified atom stereocenters. The zero-order chi connectivity index (χ0) is 15.2. The number of H-pyrrole nitrogens is 1. The van der Waals surface area contributed by atoms with Crippen LogP contribution in [0.4, 0.5) is 0 Å². The van der Waals surface area contributed by atoms with Crippen molar-refractivity contribution < 1.29 is 0 Å². The molecule has 1 aromatic heterocycles. The maximum atomic E-state index is 8.84. The molecule has 0 bridgehead atoms. The molecule has 0 radical (unpaired) electrons. The van der Waals surface area contributed by atoms with Gasteiger partial charge in [0.15, 0.2) is 0 Å². The highest BCUT2D eigenvalue weighted by Crippen LogP contribution is 2.33. The summed E-state index contributed by atoms with van der Waals surface area (Å²) in [6, 6.07) is 7.66. The van der Waals surface area contributed by atoms with Gasteiger partial charge in [0.2, 0.25) is 5.82 Å². The fourth-order valence-electron chi connectivity index (χ4n) is 2.44. The molecule has 2 aromatic rings. The smallest absolute Gasteiger partial charge is 0.210 e. The summed E-state index contributed by atoms with van der Waals surface area (Å²) in [4.78, 5) is 7.06. The molecule has 3 nitrogen and oxygen atoms in total. The molecule has 22 heavy (non-hydrogen) atoms. The van der Waals surface area contributed by atoms with Crippen LogP contribution in [0, 0.1) is 11.3 Å². The van der Waals surface area contributed by atoms with Gasteiger partial charge < -0.3 is 4.98 Å². The maximum absolute atomic E-state index is 8.84. The summed E-state index contributed by atoms with van der Waals surface area (Å²) in [5.74, 6) is 0.642. The minimum absolute atomic E-state index is 0. The Hall–Kier alpha value is -1.21. The van der Waals surface area contributed by atoms with Crippen LogP contribution in [0.25, 0.3) is 0 Å². The first-order valence-electron chi connectivity index (χ1n) is 7.03. The molecule has 0 spiro atoms. The lowest BCUT2D eigenvalue weighted by Crippen LogP contribution is -2.04. The third-order valence-corrected chi connectivity index (χ3v) is 4.07. The van der Waals surface area contributed by atoms with Crippen molar-refractivity contribution in [3.63, 3.8) is 0 Å². The summed E-state index contributed by atoms with van der Waals surface area (Å²) in [5.41, 5.74) is 2.06. The van der Waals surface area contributed by atoms with Crippen LogP contribution in [0.3, 0.4) is 0 Å². The van der Waals surface area contributed by atoms with Gasteiger partial charge >= 0.3 is 0 Å². The molecular formula is C16H18Cl3N3. The molecule has 6 heteroatoms. The van der Waals surface area contributed by atoms with Gasteiger partial charge in [-0.25, -0.2) is 4.98 Å². The summed E-state index contributed by atoms with van der Waals surface area (Å²) in [5, 5.41) is 10.2. The molecule has 1 heterocycles. The van der Waals surface area contributed by atoms with E-state index in [1.807, 2.05) is 18.2 Å². The highest BCUT2D eigenvalue weighted by Gasteiger charge is 2.16. The highest BCUT2D eigenvalue weighted by molar-refractivity contribution is 6.35. The van der Waals surface area contributed by atoms with Crippen molar-refractivity contribution in [3.05, 3.63) is 51.5 Å². The molecule has 1 N–H and O–H groups in total. The third kappa shape index (κ3) is 4.91. The van der Waals surface area contributed by atoms with Gasteiger partial charge in [0, 0.05) is 21.9 Å². The molecule has 118 valence electrons. The van der Waals surface area contributed by atoms with Crippen molar-refractivity contribution in [1.29, 1.82) is 5.26 Å². The first-order valence-corrected chi connectivity index (χ1v) is 7.78. The standard InChI is InChI=1S/C16H17Cl2N3.ClH/c1-2-3-4-11(7-13-10-20-16(9-19)21-13)14-6-5-12(17)8-15(14)18;/h5-6,8,10-11H,2-4,7H2,1H3,(H,20,21);1H. The number of halogens is 3. The molecule has 0 aliphatic carbocycles. The number of hydrogen-bond donors (Lipinski definition) is 1. The van der Waals surface area contributed by atoms with Crippen LogP contribution in [0.5, 0.6) is 0 Å². The highest BCUT2D eigenvalue weighted by atomic mass is 35.5. The van der Waals surface area contributed by atoms with E-state index in [0.717, 1.165) is 36.9 Å². The molecule has 0 saturated carbocycles. The van der Waals surface area contributed by atoms with E-state index in [2.05, 4.69) is 16.9 Å². The quantitative estimate of drug-likeness (QED) is 0.738. The Morgan fingerprint density at radius 3 is 2.73 bits per heavy atom. The van der Waals surface area contributed by atoms with E-state index >= 15 is 0 Å². The van der Waals surface area contributed by atoms with Crippen LogP contribution in [0.15, 0.2) is 24.4 Å². The van der Waals surface area contributed by atoms with E-state index in [0.29, 0.717) is 21.8 Å². The van der Waals surface area contributed by atoms with Crippen LogP contribution in [-0.4, -0.2) is 9.97 Å². The lowest BCUT2D eigenvalue weighted by molar-refractivity contribution is 0.577. The second-order valence-electron chi connectivity index (χ2n) is 5.08. The number of benzene rings is 1. The molecule has 0 amide bonds. The minimum atomic E-state index is 0. The van der Waals surface area contributed by atoms with Crippen molar-refractivity contribution in [2.75, 3.05) is 0 Å². The lowest BCUT2D eigenvalue weighted by Gasteiger charge is -2.18. The number of aromatic amines is 1. The molecule has 1 atom stereocenters. The molecular weight excluding hydrogens is 341 g/mol. The summed E-state index contributed by atoms with van der Waals surface area (Å²) in [6.07, 6.45) is 5.81. The Balaban J connectivity index is 0.00000242. The number of unbranched alkanes of at least 4 members (excludes halogenated alkanes) is 1. The van der Waals surface area contributed by atoms with Gasteiger partial charge in [-0.2, -0.15) is 5.26 Å². The van der Waals surface area contributed by atoms with Crippen LogP contribution in [0.2, 0.25) is 10.0 Å². The molecule has 0 aliphatic rings. The minimum Gasteiger partial charge on any atom is -0.333 e. The van der Waals surface area contributed by atoms with Gasteiger partial charge in [0.25, 0.3) is 0 Å². The lowest BCUT2D eigenvalue weighted by atomic mass is 9.89. The van der Waals surface area contributed by atoms with Crippen LogP contribution in [-0.2, 0) is 6.42 Å². The predicted molar refractivity (Wildman–Crippen MR) is 93.0 cm³/mol.